The molecule has 0 amide bonds. The smallest absolute Gasteiger partial charge is 0.399 e. The second-order valence-corrected chi connectivity index (χ2v) is 5.55. The van der Waals surface area contributed by atoms with Crippen LogP contribution in [0.2, 0.25) is 5.15 Å². The van der Waals surface area contributed by atoms with Crippen LogP contribution in [0.5, 0.6) is 0 Å². The molecule has 0 bridgehead atoms. The van der Waals surface area contributed by atoms with Gasteiger partial charge in [0.25, 0.3) is 0 Å². The predicted octanol–water partition coefficient (Wildman–Crippen LogP) is 1.62. The van der Waals surface area contributed by atoms with Crippen molar-refractivity contribution in [2.45, 2.75) is 38.9 Å². The van der Waals surface area contributed by atoms with Gasteiger partial charge in [-0.1, -0.05) is 11.6 Å². The van der Waals surface area contributed by atoms with Crippen molar-refractivity contribution in [2.24, 2.45) is 0 Å². The van der Waals surface area contributed by atoms with Crippen LogP contribution in [-0.2, 0) is 9.31 Å². The first-order chi connectivity index (χ1) is 7.74. The first-order valence-corrected chi connectivity index (χ1v) is 5.88. The maximum atomic E-state index is 6.04. The van der Waals surface area contributed by atoms with Gasteiger partial charge in [0.2, 0.25) is 0 Å². The SMILES string of the molecule is CC1(C)OB(c2c(N)ccnc2Cl)OC1(C)C. The highest BCUT2D eigenvalue weighted by atomic mass is 35.5. The number of nitrogens with two attached hydrogens (primary N) is 1. The lowest BCUT2D eigenvalue weighted by Crippen LogP contribution is -2.41. The van der Waals surface area contributed by atoms with Gasteiger partial charge in [-0.15, -0.1) is 0 Å². The Labute approximate surface area is 107 Å². The summed E-state index contributed by atoms with van der Waals surface area (Å²) in [7, 11) is -0.568. The van der Waals surface area contributed by atoms with Crippen LogP contribution in [0.1, 0.15) is 27.7 Å². The summed E-state index contributed by atoms with van der Waals surface area (Å²) < 4.78 is 11.8. The van der Waals surface area contributed by atoms with Crippen molar-refractivity contribution in [1.29, 1.82) is 0 Å². The van der Waals surface area contributed by atoms with Crippen LogP contribution in [0.25, 0.3) is 0 Å². The third kappa shape index (κ3) is 2.03. The summed E-state index contributed by atoms with van der Waals surface area (Å²) in [5, 5.41) is 0.323. The van der Waals surface area contributed by atoms with E-state index in [4.69, 9.17) is 26.6 Å². The Morgan fingerprint density at radius 3 is 2.24 bits per heavy atom. The molecule has 17 heavy (non-hydrogen) atoms. The largest absolute Gasteiger partial charge is 0.500 e. The van der Waals surface area contributed by atoms with Gasteiger partial charge >= 0.3 is 7.12 Å². The molecule has 1 saturated heterocycles. The topological polar surface area (TPSA) is 57.4 Å². The molecule has 1 aliphatic heterocycles. The van der Waals surface area contributed by atoms with Crippen molar-refractivity contribution in [2.75, 3.05) is 5.73 Å². The minimum Gasteiger partial charge on any atom is -0.399 e. The molecule has 0 saturated carbocycles. The maximum Gasteiger partial charge on any atom is 0.500 e. The molecule has 0 unspecified atom stereocenters. The van der Waals surface area contributed by atoms with Crippen molar-refractivity contribution < 1.29 is 9.31 Å². The Morgan fingerprint density at radius 2 is 1.76 bits per heavy atom. The van der Waals surface area contributed by atoms with Gasteiger partial charge in [0.15, 0.2) is 0 Å². The number of hydrogen-bond acceptors (Lipinski definition) is 4. The molecule has 2 heterocycles. The Hall–Kier alpha value is -0.775. The summed E-state index contributed by atoms with van der Waals surface area (Å²) in [6, 6.07) is 1.69. The van der Waals surface area contributed by atoms with Crippen molar-refractivity contribution in [3.05, 3.63) is 17.4 Å². The standard InChI is InChI=1S/C11H16BClN2O2/c1-10(2)11(3,4)17-12(16-10)8-7(14)5-6-15-9(8)13/h5-6H,1-4H3,(H2,14,15). The second-order valence-electron chi connectivity index (χ2n) is 5.19. The number of halogens is 1. The molecule has 0 radical (unpaired) electrons. The monoisotopic (exact) mass is 254 g/mol. The zero-order valence-corrected chi connectivity index (χ0v) is 11.2. The average Bonchev–Trinajstić information content (AvgIpc) is 2.35. The number of rotatable bonds is 1. The lowest BCUT2D eigenvalue weighted by Gasteiger charge is -2.32. The molecule has 0 spiro atoms. The summed E-state index contributed by atoms with van der Waals surface area (Å²) in [6.45, 7) is 7.92. The molecule has 1 aromatic heterocycles. The minimum atomic E-state index is -0.568. The molecular formula is C11H16BClN2O2. The summed E-state index contributed by atoms with van der Waals surface area (Å²) in [5.41, 5.74) is 6.20. The number of aromatic nitrogens is 1. The van der Waals surface area contributed by atoms with Crippen LogP contribution in [0.4, 0.5) is 5.69 Å². The van der Waals surface area contributed by atoms with Crippen molar-refractivity contribution in [1.82, 2.24) is 4.98 Å². The molecule has 0 aliphatic carbocycles. The fourth-order valence-corrected chi connectivity index (χ4v) is 1.91. The van der Waals surface area contributed by atoms with E-state index >= 15 is 0 Å². The number of nitrogen functional groups attached to an aromatic ring is 1. The molecule has 1 fully saturated rings. The van der Waals surface area contributed by atoms with E-state index in [1.165, 1.54) is 0 Å². The van der Waals surface area contributed by atoms with Gasteiger partial charge in [-0.25, -0.2) is 4.98 Å². The quantitative estimate of drug-likeness (QED) is 0.611. The Balaban J connectivity index is 2.39. The molecule has 1 aliphatic rings. The van der Waals surface area contributed by atoms with Crippen LogP contribution in [0.3, 0.4) is 0 Å². The van der Waals surface area contributed by atoms with Gasteiger partial charge in [-0.3, -0.25) is 0 Å². The van der Waals surface area contributed by atoms with Crippen molar-refractivity contribution >= 4 is 29.9 Å². The Morgan fingerprint density at radius 1 is 1.24 bits per heavy atom. The number of hydrogen-bond donors (Lipinski definition) is 1. The van der Waals surface area contributed by atoms with Gasteiger partial charge in [0, 0.05) is 17.3 Å². The van der Waals surface area contributed by atoms with E-state index < -0.39 is 18.3 Å². The molecule has 4 nitrogen and oxygen atoms in total. The summed E-state index contributed by atoms with van der Waals surface area (Å²) in [6.07, 6.45) is 1.56. The van der Waals surface area contributed by atoms with E-state index in [1.807, 2.05) is 27.7 Å². The molecule has 1 aromatic rings. The van der Waals surface area contributed by atoms with E-state index in [9.17, 15) is 0 Å². The van der Waals surface area contributed by atoms with E-state index in [1.54, 1.807) is 12.3 Å². The maximum absolute atomic E-state index is 6.04. The Bertz CT molecular complexity index is 415. The summed E-state index contributed by atoms with van der Waals surface area (Å²) in [4.78, 5) is 4.01. The fraction of sp³-hybridized carbons (Fsp3) is 0.545. The van der Waals surface area contributed by atoms with E-state index in [0.29, 0.717) is 16.3 Å². The van der Waals surface area contributed by atoms with Gasteiger partial charge in [-0.05, 0) is 33.8 Å². The van der Waals surface area contributed by atoms with Crippen LogP contribution < -0.4 is 11.2 Å². The minimum absolute atomic E-state index is 0.323. The predicted molar refractivity (Wildman–Crippen MR) is 69.4 cm³/mol. The van der Waals surface area contributed by atoms with Gasteiger partial charge < -0.3 is 15.0 Å². The molecule has 0 atom stereocenters. The van der Waals surface area contributed by atoms with Gasteiger partial charge in [0.1, 0.15) is 5.15 Å². The van der Waals surface area contributed by atoms with Crippen molar-refractivity contribution in [3.63, 3.8) is 0 Å². The highest BCUT2D eigenvalue weighted by Crippen LogP contribution is 2.37. The lowest BCUT2D eigenvalue weighted by molar-refractivity contribution is 0.00578. The molecule has 2 N–H and O–H groups in total. The number of nitrogens with zero attached hydrogens (tertiary/aromatic N) is 1. The van der Waals surface area contributed by atoms with E-state index in [-0.39, 0.29) is 0 Å². The van der Waals surface area contributed by atoms with Crippen molar-refractivity contribution in [3.8, 4) is 0 Å². The van der Waals surface area contributed by atoms with Crippen LogP contribution in [-0.4, -0.2) is 23.3 Å². The molecule has 0 aromatic carbocycles. The third-order valence-corrected chi connectivity index (χ3v) is 3.77. The molecular weight excluding hydrogens is 238 g/mol. The molecule has 92 valence electrons. The van der Waals surface area contributed by atoms with E-state index in [2.05, 4.69) is 4.98 Å². The number of pyridine rings is 1. The highest BCUT2D eigenvalue weighted by molar-refractivity contribution is 6.67. The normalized spacial score (nSPS) is 21.8. The van der Waals surface area contributed by atoms with Gasteiger partial charge in [-0.2, -0.15) is 0 Å². The fourth-order valence-electron chi connectivity index (χ4n) is 1.66. The first-order valence-electron chi connectivity index (χ1n) is 5.50. The first kappa shape index (κ1) is 12.7. The van der Waals surface area contributed by atoms with Crippen LogP contribution in [0, 0.1) is 0 Å². The van der Waals surface area contributed by atoms with Gasteiger partial charge in [0.05, 0.1) is 11.2 Å². The summed E-state index contributed by atoms with van der Waals surface area (Å²) >= 11 is 6.04. The van der Waals surface area contributed by atoms with Crippen LogP contribution >= 0.6 is 11.6 Å². The Kier molecular flexibility index (Phi) is 2.88. The second kappa shape index (κ2) is 3.87. The van der Waals surface area contributed by atoms with E-state index in [0.717, 1.165) is 0 Å². The molecule has 6 heteroatoms. The lowest BCUT2D eigenvalue weighted by atomic mass is 9.79. The highest BCUT2D eigenvalue weighted by Gasteiger charge is 2.52. The average molecular weight is 255 g/mol. The zero-order valence-electron chi connectivity index (χ0n) is 10.5. The van der Waals surface area contributed by atoms with Crippen LogP contribution in [0.15, 0.2) is 12.3 Å². The summed E-state index contributed by atoms with van der Waals surface area (Å²) in [5.74, 6) is 0. The third-order valence-electron chi connectivity index (χ3n) is 3.46. The molecule has 2 rings (SSSR count). The zero-order chi connectivity index (χ0) is 12.8. The number of anilines is 1.